The Labute approximate surface area is 168 Å². The van der Waals surface area contributed by atoms with Crippen molar-refractivity contribution in [1.29, 1.82) is 0 Å². The van der Waals surface area contributed by atoms with Crippen molar-refractivity contribution in [3.05, 3.63) is 69.5 Å². The van der Waals surface area contributed by atoms with E-state index in [2.05, 4.69) is 10.2 Å². The van der Waals surface area contributed by atoms with Gasteiger partial charge < -0.3 is 0 Å². The predicted molar refractivity (Wildman–Crippen MR) is 101 cm³/mol. The van der Waals surface area contributed by atoms with Gasteiger partial charge in [-0.2, -0.15) is 36.2 Å². The number of hydrazone groups is 1. The van der Waals surface area contributed by atoms with Crippen molar-refractivity contribution in [2.75, 3.05) is 7.05 Å². The molecule has 158 valence electrons. The fraction of sp³-hybridized carbons (Fsp3) is 0.176. The van der Waals surface area contributed by atoms with Gasteiger partial charge in [-0.1, -0.05) is 6.07 Å². The zero-order valence-corrected chi connectivity index (χ0v) is 16.3. The number of nitro benzene ring substituents is 1. The largest absolute Gasteiger partial charge is 0.416 e. The van der Waals surface area contributed by atoms with E-state index in [-0.39, 0.29) is 21.5 Å². The Morgan fingerprint density at radius 3 is 2.60 bits per heavy atom. The lowest BCUT2D eigenvalue weighted by Crippen LogP contribution is -2.22. The summed E-state index contributed by atoms with van der Waals surface area (Å²) in [5, 5.41) is 18.6. The second-order valence-electron chi connectivity index (χ2n) is 6.23. The van der Waals surface area contributed by atoms with E-state index < -0.39 is 32.4 Å². The van der Waals surface area contributed by atoms with E-state index in [4.69, 9.17) is 0 Å². The maximum absolute atomic E-state index is 12.9. The molecule has 0 spiro atoms. The third-order valence-electron chi connectivity index (χ3n) is 4.25. The van der Waals surface area contributed by atoms with Gasteiger partial charge in [-0.25, -0.2) is 4.52 Å². The number of rotatable bonds is 5. The number of non-ortho nitro benzene ring substituents is 1. The van der Waals surface area contributed by atoms with E-state index in [0.29, 0.717) is 4.41 Å². The van der Waals surface area contributed by atoms with Crippen molar-refractivity contribution in [3.63, 3.8) is 0 Å². The van der Waals surface area contributed by atoms with E-state index in [1.807, 2.05) is 0 Å². The highest BCUT2D eigenvalue weighted by Crippen LogP contribution is 2.30. The minimum atomic E-state index is -4.56. The zero-order chi connectivity index (χ0) is 22.3. The molecule has 0 radical (unpaired) electrons. The van der Waals surface area contributed by atoms with Crippen LogP contribution in [0.4, 0.5) is 18.9 Å². The van der Waals surface area contributed by atoms with Crippen LogP contribution in [0.2, 0.25) is 0 Å². The van der Waals surface area contributed by atoms with Gasteiger partial charge >= 0.3 is 6.18 Å². The molecule has 0 aliphatic rings. The average molecular weight is 441 g/mol. The minimum absolute atomic E-state index is 0.0749. The summed E-state index contributed by atoms with van der Waals surface area (Å²) in [6.45, 7) is 1.47. The fourth-order valence-corrected chi connectivity index (χ4v) is 3.80. The highest BCUT2D eigenvalue weighted by molar-refractivity contribution is 7.89. The molecule has 0 amide bonds. The Bertz CT molecular complexity index is 1270. The number of aryl methyl sites for hydroxylation is 1. The first-order valence-corrected chi connectivity index (χ1v) is 9.68. The van der Waals surface area contributed by atoms with Crippen LogP contribution in [0.25, 0.3) is 5.52 Å². The van der Waals surface area contributed by atoms with Gasteiger partial charge in [0.25, 0.3) is 15.7 Å². The lowest BCUT2D eigenvalue weighted by molar-refractivity contribution is -0.385. The maximum atomic E-state index is 12.9. The van der Waals surface area contributed by atoms with Crippen LogP contribution in [0.15, 0.2) is 52.7 Å². The molecular weight excluding hydrogens is 427 g/mol. The van der Waals surface area contributed by atoms with E-state index >= 15 is 0 Å². The Morgan fingerprint density at radius 1 is 1.27 bits per heavy atom. The van der Waals surface area contributed by atoms with Gasteiger partial charge in [-0.15, -0.1) is 0 Å². The first kappa shape index (κ1) is 21.2. The molecule has 13 heteroatoms. The number of sulfonamides is 1. The number of alkyl halides is 3. The van der Waals surface area contributed by atoms with Crippen molar-refractivity contribution in [2.45, 2.75) is 18.0 Å². The van der Waals surface area contributed by atoms with Crippen molar-refractivity contribution >= 4 is 27.4 Å². The summed E-state index contributed by atoms with van der Waals surface area (Å²) >= 11 is 0. The Balaban J connectivity index is 1.97. The smallest absolute Gasteiger partial charge is 0.258 e. The number of pyridine rings is 1. The number of aromatic nitrogens is 2. The van der Waals surface area contributed by atoms with Crippen LogP contribution in [0.3, 0.4) is 0 Å². The molecule has 2 heterocycles. The summed E-state index contributed by atoms with van der Waals surface area (Å²) in [7, 11) is -3.13. The highest BCUT2D eigenvalue weighted by Gasteiger charge is 2.31. The lowest BCUT2D eigenvalue weighted by Gasteiger charge is -2.15. The zero-order valence-electron chi connectivity index (χ0n) is 15.5. The van der Waals surface area contributed by atoms with E-state index in [0.717, 1.165) is 37.7 Å². The van der Waals surface area contributed by atoms with Gasteiger partial charge in [-0.3, -0.25) is 10.1 Å². The SMILES string of the molecule is Cc1ccc([N+](=O)[O-])cc1S(=O)(=O)N(C)/N=C\c1cnn2ccc(C(F)(F)F)cc12. The maximum Gasteiger partial charge on any atom is 0.416 e. The molecule has 0 aliphatic heterocycles. The molecule has 0 unspecified atom stereocenters. The molecule has 0 atom stereocenters. The predicted octanol–water partition coefficient (Wildman–Crippen LogP) is 3.22. The molecule has 0 aliphatic carbocycles. The molecule has 0 fully saturated rings. The lowest BCUT2D eigenvalue weighted by atomic mass is 10.2. The normalized spacial score (nSPS) is 12.6. The summed E-state index contributed by atoms with van der Waals surface area (Å²) in [6.07, 6.45) is -1.15. The Morgan fingerprint density at radius 2 is 1.97 bits per heavy atom. The Hall–Kier alpha value is -3.48. The number of nitro groups is 1. The quantitative estimate of drug-likeness (QED) is 0.343. The average Bonchev–Trinajstić information content (AvgIpc) is 3.07. The molecule has 9 nitrogen and oxygen atoms in total. The van der Waals surface area contributed by atoms with Crippen LogP contribution >= 0.6 is 0 Å². The van der Waals surface area contributed by atoms with Gasteiger partial charge in [0.15, 0.2) is 0 Å². The van der Waals surface area contributed by atoms with Crippen LogP contribution in [-0.4, -0.2) is 40.6 Å². The molecule has 3 aromatic rings. The van der Waals surface area contributed by atoms with Gasteiger partial charge in [0, 0.05) is 30.9 Å². The van der Waals surface area contributed by atoms with Crippen LogP contribution < -0.4 is 0 Å². The third-order valence-corrected chi connectivity index (χ3v) is 6.03. The first-order chi connectivity index (χ1) is 13.9. The van der Waals surface area contributed by atoms with Crippen LogP contribution in [0.1, 0.15) is 16.7 Å². The fourth-order valence-electron chi connectivity index (χ4n) is 2.60. The number of nitrogens with zero attached hydrogens (tertiary/aromatic N) is 5. The number of fused-ring (bicyclic) bond motifs is 1. The molecule has 0 N–H and O–H groups in total. The number of halogens is 3. The van der Waals surface area contributed by atoms with Crippen molar-refractivity contribution in [2.24, 2.45) is 5.10 Å². The second kappa shape index (κ2) is 7.40. The standard InChI is InChI=1S/C17H14F3N5O4S/c1-11-3-4-14(25(26)27)8-16(11)30(28,29)23(2)21-9-12-10-22-24-6-5-13(7-15(12)24)17(18,19)20/h3-10H,1-2H3/b21-9-. The minimum Gasteiger partial charge on any atom is -0.258 e. The molecule has 1 aromatic carbocycles. The van der Waals surface area contributed by atoms with E-state index in [9.17, 15) is 31.7 Å². The Kier molecular flexibility index (Phi) is 5.24. The van der Waals surface area contributed by atoms with Gasteiger partial charge in [0.05, 0.1) is 33.3 Å². The topological polar surface area (TPSA) is 110 Å². The molecule has 2 aromatic heterocycles. The molecule has 30 heavy (non-hydrogen) atoms. The molecule has 0 saturated carbocycles. The second-order valence-corrected chi connectivity index (χ2v) is 8.15. The summed E-state index contributed by atoms with van der Waals surface area (Å²) in [5.41, 5.74) is -0.796. The molecule has 0 saturated heterocycles. The summed E-state index contributed by atoms with van der Waals surface area (Å²) in [6, 6.07) is 5.12. The van der Waals surface area contributed by atoms with Crippen molar-refractivity contribution in [3.8, 4) is 0 Å². The van der Waals surface area contributed by atoms with Gasteiger partial charge in [0.2, 0.25) is 0 Å². The van der Waals surface area contributed by atoms with Crippen LogP contribution in [0.5, 0.6) is 0 Å². The summed E-state index contributed by atoms with van der Waals surface area (Å²) < 4.78 is 66.1. The van der Waals surface area contributed by atoms with E-state index in [1.54, 1.807) is 0 Å². The van der Waals surface area contributed by atoms with Crippen molar-refractivity contribution < 1.29 is 26.5 Å². The van der Waals surface area contributed by atoms with Crippen LogP contribution in [0, 0.1) is 17.0 Å². The molecular formula is C17H14F3N5O4S. The van der Waals surface area contributed by atoms with E-state index in [1.165, 1.54) is 29.8 Å². The summed E-state index contributed by atoms with van der Waals surface area (Å²) in [5.74, 6) is 0. The number of hydrogen-bond acceptors (Lipinski definition) is 6. The number of benzene rings is 1. The molecule has 0 bridgehead atoms. The highest BCUT2D eigenvalue weighted by atomic mass is 32.2. The monoisotopic (exact) mass is 441 g/mol. The van der Waals surface area contributed by atoms with Crippen LogP contribution in [-0.2, 0) is 16.2 Å². The van der Waals surface area contributed by atoms with Gasteiger partial charge in [0.1, 0.15) is 0 Å². The first-order valence-electron chi connectivity index (χ1n) is 8.24. The third kappa shape index (κ3) is 3.96. The van der Waals surface area contributed by atoms with Crippen molar-refractivity contribution in [1.82, 2.24) is 14.0 Å². The summed E-state index contributed by atoms with van der Waals surface area (Å²) in [4.78, 5) is 9.91. The number of hydrogen-bond donors (Lipinski definition) is 0. The van der Waals surface area contributed by atoms with Gasteiger partial charge in [-0.05, 0) is 24.6 Å². The molecule has 3 rings (SSSR count).